The Balaban J connectivity index is 1.92. The van der Waals surface area contributed by atoms with Crippen molar-refractivity contribution >= 4 is 23.3 Å². The van der Waals surface area contributed by atoms with Gasteiger partial charge in [0.2, 0.25) is 0 Å². The first-order valence-corrected chi connectivity index (χ1v) is 12.9. The number of hydrogen-bond donors (Lipinski definition) is 1. The topological polar surface area (TPSA) is 96.0 Å². The second-order valence-corrected chi connectivity index (χ2v) is 10.4. The van der Waals surface area contributed by atoms with Crippen LogP contribution in [-0.4, -0.2) is 45.4 Å². The van der Waals surface area contributed by atoms with Crippen molar-refractivity contribution in [1.82, 2.24) is 10.3 Å². The molecule has 8 nitrogen and oxygen atoms in total. The molecular formula is C29H32N2O6S. The van der Waals surface area contributed by atoms with Crippen molar-refractivity contribution in [3.05, 3.63) is 75.2 Å². The van der Waals surface area contributed by atoms with E-state index in [9.17, 15) is 9.59 Å². The van der Waals surface area contributed by atoms with E-state index in [1.54, 1.807) is 14.2 Å². The molecule has 3 atom stereocenters. The van der Waals surface area contributed by atoms with Gasteiger partial charge in [-0.3, -0.25) is 4.79 Å². The summed E-state index contributed by atoms with van der Waals surface area (Å²) in [6.45, 7) is 5.74. The number of benzene rings is 2. The molecule has 0 amide bonds. The summed E-state index contributed by atoms with van der Waals surface area (Å²) in [6, 6.07) is 15.1. The smallest absolute Gasteiger partial charge is 0.336 e. The van der Waals surface area contributed by atoms with Crippen LogP contribution in [0.25, 0.3) is 11.3 Å². The minimum absolute atomic E-state index is 0.389. The fraction of sp³-hybridized carbons (Fsp3) is 0.345. The molecule has 0 saturated carbocycles. The first kappa shape index (κ1) is 27.2. The highest BCUT2D eigenvalue weighted by atomic mass is 32.1. The third-order valence-electron chi connectivity index (χ3n) is 7.03. The van der Waals surface area contributed by atoms with Crippen LogP contribution in [0.3, 0.4) is 0 Å². The highest BCUT2D eigenvalue weighted by Gasteiger charge is 2.54. The number of methoxy groups -OCH3 is 4. The molecule has 1 N–H and O–H groups in total. The van der Waals surface area contributed by atoms with E-state index in [0.717, 1.165) is 21.7 Å². The van der Waals surface area contributed by atoms with Crippen LogP contribution in [0.5, 0.6) is 11.5 Å². The standard InChI is InChI=1S/C29H32N2O6S/c1-16-22(26(32)36-6)23(18-11-9-8-10-12-18)24(27(33)37-7)29(3,31-16)28-30-25(17(2)38-28)19-13-14-20(34-4)21(15-19)35-5/h8-15,23-24,31H,1-7H3. The SMILES string of the molecule is COC(=O)C1=C(C)NC(C)(c2nc(-c3ccc(OC)c(OC)c3)c(C)s2)C(C(=O)OC)C1c1ccccc1. The minimum atomic E-state index is -0.987. The van der Waals surface area contributed by atoms with Gasteiger partial charge in [-0.2, -0.15) is 0 Å². The number of nitrogens with zero attached hydrogens (tertiary/aromatic N) is 1. The monoisotopic (exact) mass is 536 g/mol. The number of allylic oxidation sites excluding steroid dienone is 1. The summed E-state index contributed by atoms with van der Waals surface area (Å²) in [7, 11) is 5.88. The Hall–Kier alpha value is -3.85. The van der Waals surface area contributed by atoms with E-state index in [1.165, 1.54) is 25.6 Å². The van der Waals surface area contributed by atoms with Crippen LogP contribution in [0, 0.1) is 12.8 Å². The number of thiazole rings is 1. The number of carbonyl (C=O) groups excluding carboxylic acids is 2. The van der Waals surface area contributed by atoms with Crippen LogP contribution in [0.4, 0.5) is 0 Å². The fourth-order valence-electron chi connectivity index (χ4n) is 5.23. The molecule has 3 unspecified atom stereocenters. The summed E-state index contributed by atoms with van der Waals surface area (Å²) in [5.41, 5.74) is 2.46. The third-order valence-corrected chi connectivity index (χ3v) is 8.24. The molecule has 200 valence electrons. The zero-order valence-electron chi connectivity index (χ0n) is 22.6. The Morgan fingerprint density at radius 3 is 2.24 bits per heavy atom. The number of carbonyl (C=O) groups is 2. The molecule has 1 aliphatic rings. The van der Waals surface area contributed by atoms with E-state index in [4.69, 9.17) is 23.9 Å². The average Bonchev–Trinajstić information content (AvgIpc) is 3.34. The lowest BCUT2D eigenvalue weighted by Crippen LogP contribution is -2.55. The quantitative estimate of drug-likeness (QED) is 0.423. The van der Waals surface area contributed by atoms with Crippen molar-refractivity contribution in [1.29, 1.82) is 0 Å². The lowest BCUT2D eigenvalue weighted by Gasteiger charge is -2.45. The molecule has 0 radical (unpaired) electrons. The van der Waals surface area contributed by atoms with Gasteiger partial charge in [-0.15, -0.1) is 11.3 Å². The molecular weight excluding hydrogens is 504 g/mol. The molecule has 1 aromatic heterocycles. The predicted octanol–water partition coefficient (Wildman–Crippen LogP) is 4.97. The maximum atomic E-state index is 13.5. The number of esters is 2. The molecule has 0 saturated heterocycles. The maximum absolute atomic E-state index is 13.5. The summed E-state index contributed by atoms with van der Waals surface area (Å²) in [5.74, 6) is -1.16. The molecule has 4 rings (SSSR count). The van der Waals surface area contributed by atoms with Gasteiger partial charge in [0.15, 0.2) is 11.5 Å². The van der Waals surface area contributed by atoms with Crippen LogP contribution in [-0.2, 0) is 24.6 Å². The van der Waals surface area contributed by atoms with E-state index >= 15 is 0 Å². The molecule has 0 bridgehead atoms. The molecule has 0 fully saturated rings. The largest absolute Gasteiger partial charge is 0.493 e. The lowest BCUT2D eigenvalue weighted by molar-refractivity contribution is -0.150. The Kier molecular flexibility index (Phi) is 7.78. The van der Waals surface area contributed by atoms with Crippen LogP contribution in [0.1, 0.15) is 35.2 Å². The molecule has 0 spiro atoms. The predicted molar refractivity (Wildman–Crippen MR) is 145 cm³/mol. The van der Waals surface area contributed by atoms with Crippen LogP contribution >= 0.6 is 11.3 Å². The van der Waals surface area contributed by atoms with Crippen molar-refractivity contribution in [2.75, 3.05) is 28.4 Å². The van der Waals surface area contributed by atoms with Gasteiger partial charge >= 0.3 is 11.9 Å². The molecule has 9 heteroatoms. The van der Waals surface area contributed by atoms with Gasteiger partial charge in [-0.1, -0.05) is 30.3 Å². The summed E-state index contributed by atoms with van der Waals surface area (Å²) in [4.78, 5) is 32.5. The summed E-state index contributed by atoms with van der Waals surface area (Å²) in [6.07, 6.45) is 0. The van der Waals surface area contributed by atoms with Gasteiger partial charge in [0, 0.05) is 22.1 Å². The van der Waals surface area contributed by atoms with Crippen molar-refractivity contribution in [2.24, 2.45) is 5.92 Å². The number of aromatic nitrogens is 1. The van der Waals surface area contributed by atoms with Gasteiger partial charge < -0.3 is 24.3 Å². The first-order chi connectivity index (χ1) is 18.2. The van der Waals surface area contributed by atoms with Gasteiger partial charge in [-0.25, -0.2) is 9.78 Å². The number of rotatable bonds is 7. The molecule has 38 heavy (non-hydrogen) atoms. The zero-order chi connectivity index (χ0) is 27.6. The van der Waals surface area contributed by atoms with Crippen molar-refractivity contribution in [3.63, 3.8) is 0 Å². The first-order valence-electron chi connectivity index (χ1n) is 12.1. The fourth-order valence-corrected chi connectivity index (χ4v) is 6.31. The Morgan fingerprint density at radius 1 is 0.947 bits per heavy atom. The highest BCUT2D eigenvalue weighted by molar-refractivity contribution is 7.12. The van der Waals surface area contributed by atoms with E-state index in [2.05, 4.69) is 5.32 Å². The second kappa shape index (κ2) is 10.9. The molecule has 2 heterocycles. The van der Waals surface area contributed by atoms with Crippen LogP contribution in [0.15, 0.2) is 59.8 Å². The summed E-state index contributed by atoms with van der Waals surface area (Å²) < 4.78 is 21.3. The Labute approximate surface area is 226 Å². The average molecular weight is 537 g/mol. The molecule has 2 aromatic carbocycles. The van der Waals surface area contributed by atoms with Crippen LogP contribution < -0.4 is 14.8 Å². The summed E-state index contributed by atoms with van der Waals surface area (Å²) >= 11 is 1.49. The van der Waals surface area contributed by atoms with E-state index < -0.39 is 29.3 Å². The van der Waals surface area contributed by atoms with E-state index in [0.29, 0.717) is 27.8 Å². The number of aryl methyl sites for hydroxylation is 1. The molecule has 3 aromatic rings. The normalized spacial score (nSPS) is 20.9. The third kappa shape index (κ3) is 4.62. The Bertz CT molecular complexity index is 1380. The lowest BCUT2D eigenvalue weighted by atomic mass is 9.67. The van der Waals surface area contributed by atoms with Gasteiger partial charge in [0.05, 0.1) is 45.6 Å². The van der Waals surface area contributed by atoms with Crippen LogP contribution in [0.2, 0.25) is 0 Å². The summed E-state index contributed by atoms with van der Waals surface area (Å²) in [5, 5.41) is 4.15. The second-order valence-electron chi connectivity index (χ2n) is 9.24. The van der Waals surface area contributed by atoms with Gasteiger partial charge in [-0.05, 0) is 44.5 Å². The van der Waals surface area contributed by atoms with Gasteiger partial charge in [0.25, 0.3) is 0 Å². The van der Waals surface area contributed by atoms with Crippen molar-refractivity contribution in [2.45, 2.75) is 32.2 Å². The minimum Gasteiger partial charge on any atom is -0.493 e. The van der Waals surface area contributed by atoms with Crippen molar-refractivity contribution < 1.29 is 28.5 Å². The van der Waals surface area contributed by atoms with E-state index in [-0.39, 0.29) is 0 Å². The highest BCUT2D eigenvalue weighted by Crippen LogP contribution is 2.50. The maximum Gasteiger partial charge on any atom is 0.336 e. The van der Waals surface area contributed by atoms with Crippen molar-refractivity contribution in [3.8, 4) is 22.8 Å². The van der Waals surface area contributed by atoms with E-state index in [1.807, 2.05) is 69.3 Å². The number of hydrogen-bond acceptors (Lipinski definition) is 9. The zero-order valence-corrected chi connectivity index (χ0v) is 23.4. The Morgan fingerprint density at radius 2 is 1.63 bits per heavy atom. The molecule has 0 aliphatic carbocycles. The number of nitrogens with one attached hydrogen (secondary N) is 1. The number of ether oxygens (including phenoxy) is 4. The van der Waals surface area contributed by atoms with Gasteiger partial charge in [0.1, 0.15) is 10.5 Å². The molecule has 1 aliphatic heterocycles.